The highest BCUT2D eigenvalue weighted by molar-refractivity contribution is 6.30. The highest BCUT2D eigenvalue weighted by atomic mass is 35.5. The van der Waals surface area contributed by atoms with Crippen LogP contribution in [0.5, 0.6) is 5.75 Å². The number of nitrogens with zero attached hydrogens (tertiary/aromatic N) is 4. The summed E-state index contributed by atoms with van der Waals surface area (Å²) in [5.74, 6) is 0.969. The van der Waals surface area contributed by atoms with Crippen molar-refractivity contribution in [2.75, 3.05) is 45.9 Å². The van der Waals surface area contributed by atoms with E-state index in [9.17, 15) is 4.79 Å². The summed E-state index contributed by atoms with van der Waals surface area (Å²) in [5.41, 5.74) is 3.44. The molecule has 2 aliphatic heterocycles. The molecule has 6 nitrogen and oxygen atoms in total. The van der Waals surface area contributed by atoms with Gasteiger partial charge in [0.15, 0.2) is 0 Å². The fraction of sp³-hybridized carbons (Fsp3) is 0.474. The van der Waals surface area contributed by atoms with Crippen LogP contribution in [0.4, 0.5) is 0 Å². The van der Waals surface area contributed by atoms with Gasteiger partial charge in [0, 0.05) is 36.5 Å². The average molecular weight is 627 g/mol. The second kappa shape index (κ2) is 15.9. The number of hydrogen-bond donors (Lipinski definition) is 0. The third-order valence-electron chi connectivity index (χ3n) is 9.55. The molecule has 4 aromatic rings. The third-order valence-corrected chi connectivity index (χ3v) is 9.80. The van der Waals surface area contributed by atoms with Gasteiger partial charge >= 0.3 is 0 Å². The summed E-state index contributed by atoms with van der Waals surface area (Å²) in [6.07, 6.45) is 11.2. The van der Waals surface area contributed by atoms with E-state index in [0.717, 1.165) is 97.7 Å². The molecule has 0 saturated carbocycles. The topological polar surface area (TPSA) is 50.6 Å². The maximum absolute atomic E-state index is 13.6. The van der Waals surface area contributed by atoms with Gasteiger partial charge < -0.3 is 14.5 Å². The van der Waals surface area contributed by atoms with Crippen molar-refractivity contribution in [1.82, 2.24) is 19.6 Å². The zero-order valence-electron chi connectivity index (χ0n) is 26.5. The van der Waals surface area contributed by atoms with Crippen LogP contribution >= 0.6 is 11.6 Å². The number of rotatable bonds is 11. The zero-order valence-corrected chi connectivity index (χ0v) is 27.3. The van der Waals surface area contributed by atoms with E-state index in [-0.39, 0.29) is 11.6 Å². The summed E-state index contributed by atoms with van der Waals surface area (Å²) in [6, 6.07) is 24.6. The first kappa shape index (κ1) is 31.8. The average Bonchev–Trinajstić information content (AvgIpc) is 3.48. The number of aromatic nitrogens is 2. The first-order valence-corrected chi connectivity index (χ1v) is 17.4. The van der Waals surface area contributed by atoms with E-state index < -0.39 is 0 Å². The Morgan fingerprint density at radius 1 is 0.733 bits per heavy atom. The van der Waals surface area contributed by atoms with Gasteiger partial charge in [-0.1, -0.05) is 66.9 Å². The van der Waals surface area contributed by atoms with Crippen molar-refractivity contribution >= 4 is 22.4 Å². The van der Waals surface area contributed by atoms with E-state index in [0.29, 0.717) is 6.42 Å². The summed E-state index contributed by atoms with van der Waals surface area (Å²) in [7, 11) is 0. The van der Waals surface area contributed by atoms with Gasteiger partial charge in [-0.15, -0.1) is 0 Å². The van der Waals surface area contributed by atoms with Crippen molar-refractivity contribution < 1.29 is 4.74 Å². The van der Waals surface area contributed by atoms with Crippen LogP contribution in [0, 0.1) is 0 Å². The molecule has 3 aromatic carbocycles. The molecule has 3 heterocycles. The Morgan fingerprint density at radius 3 is 2.20 bits per heavy atom. The van der Waals surface area contributed by atoms with Crippen LogP contribution in [0.1, 0.15) is 74.2 Å². The number of benzene rings is 3. The zero-order chi connectivity index (χ0) is 30.8. The predicted octanol–water partition coefficient (Wildman–Crippen LogP) is 7.56. The normalized spacial score (nSPS) is 18.5. The molecule has 45 heavy (non-hydrogen) atoms. The Hall–Kier alpha value is -3.19. The number of hydrogen-bond acceptors (Lipinski definition) is 5. The Bertz CT molecular complexity index is 1560. The molecule has 0 bridgehead atoms. The molecule has 0 aliphatic carbocycles. The van der Waals surface area contributed by atoms with Crippen molar-refractivity contribution in [2.24, 2.45) is 0 Å². The monoisotopic (exact) mass is 626 g/mol. The van der Waals surface area contributed by atoms with Crippen LogP contribution < -0.4 is 10.3 Å². The lowest BCUT2D eigenvalue weighted by Gasteiger charge is -2.21. The second-order valence-corrected chi connectivity index (χ2v) is 13.3. The highest BCUT2D eigenvalue weighted by Crippen LogP contribution is 2.25. The van der Waals surface area contributed by atoms with E-state index in [4.69, 9.17) is 21.4 Å². The third kappa shape index (κ3) is 8.75. The van der Waals surface area contributed by atoms with E-state index >= 15 is 0 Å². The first-order chi connectivity index (χ1) is 22.1. The lowest BCUT2D eigenvalue weighted by molar-refractivity contribution is 0.240. The molecular weight excluding hydrogens is 580 g/mol. The fourth-order valence-corrected chi connectivity index (χ4v) is 7.06. The minimum atomic E-state index is 0.0214. The van der Waals surface area contributed by atoms with Gasteiger partial charge in [-0.25, -0.2) is 4.68 Å². The molecule has 2 fully saturated rings. The van der Waals surface area contributed by atoms with Gasteiger partial charge in [0.2, 0.25) is 0 Å². The van der Waals surface area contributed by atoms with Crippen molar-refractivity contribution in [1.29, 1.82) is 0 Å². The van der Waals surface area contributed by atoms with Crippen molar-refractivity contribution in [3.05, 3.63) is 105 Å². The summed E-state index contributed by atoms with van der Waals surface area (Å²) in [6.45, 7) is 7.46. The fourth-order valence-electron chi connectivity index (χ4n) is 6.93. The lowest BCUT2D eigenvalue weighted by atomic mass is 10.0. The first-order valence-electron chi connectivity index (χ1n) is 17.0. The summed E-state index contributed by atoms with van der Waals surface area (Å²) < 4.78 is 7.85. The molecule has 7 heteroatoms. The second-order valence-electron chi connectivity index (χ2n) is 12.8. The van der Waals surface area contributed by atoms with Crippen LogP contribution in [0.3, 0.4) is 0 Å². The molecule has 1 atom stereocenters. The molecule has 1 aromatic heterocycles. The quantitative estimate of drug-likeness (QED) is 0.161. The maximum Gasteiger partial charge on any atom is 0.274 e. The number of likely N-dealkylation sites (tertiary alicyclic amines) is 2. The Kier molecular flexibility index (Phi) is 11.2. The molecule has 0 spiro atoms. The van der Waals surface area contributed by atoms with E-state index in [1.165, 1.54) is 44.3 Å². The molecule has 0 amide bonds. The van der Waals surface area contributed by atoms with Gasteiger partial charge in [-0.05, 0) is 106 Å². The minimum absolute atomic E-state index is 0.0214. The Balaban J connectivity index is 1.01. The molecule has 6 rings (SSSR count). The molecular formula is C38H47ClN4O2. The number of halogens is 1. The van der Waals surface area contributed by atoms with Crippen molar-refractivity contribution in [3.8, 4) is 5.75 Å². The Morgan fingerprint density at radius 2 is 1.42 bits per heavy atom. The van der Waals surface area contributed by atoms with E-state index in [2.05, 4.69) is 34.1 Å². The van der Waals surface area contributed by atoms with Crippen LogP contribution in [-0.4, -0.2) is 65.5 Å². The van der Waals surface area contributed by atoms with Gasteiger partial charge in [0.05, 0.1) is 23.7 Å². The molecule has 0 N–H and O–H groups in total. The Labute approximate surface area is 273 Å². The minimum Gasteiger partial charge on any atom is -0.494 e. The predicted molar refractivity (Wildman–Crippen MR) is 185 cm³/mol. The van der Waals surface area contributed by atoms with Crippen LogP contribution in [0.25, 0.3) is 10.8 Å². The van der Waals surface area contributed by atoms with Crippen LogP contribution in [0.2, 0.25) is 5.02 Å². The lowest BCUT2D eigenvalue weighted by Crippen LogP contribution is -2.30. The van der Waals surface area contributed by atoms with E-state index in [1.807, 2.05) is 48.5 Å². The van der Waals surface area contributed by atoms with Gasteiger partial charge in [0.25, 0.3) is 5.56 Å². The molecule has 1 unspecified atom stereocenters. The summed E-state index contributed by atoms with van der Waals surface area (Å²) >= 11 is 6.12. The molecule has 0 radical (unpaired) electrons. The largest absolute Gasteiger partial charge is 0.494 e. The van der Waals surface area contributed by atoms with Crippen molar-refractivity contribution in [2.45, 2.75) is 70.3 Å². The number of ether oxygens (including phenoxy) is 1. The highest BCUT2D eigenvalue weighted by Gasteiger charge is 2.22. The standard InChI is InChI=1S/C38H47ClN4O2/c39-32-16-12-31(13-17-32)29-37-35-10-3-4-11-36(35)38(44)43(40-37)33-9-7-24-42(27-21-33)26-20-30-14-18-34(19-15-30)45-28-8-25-41-22-5-1-2-6-23-41/h3-4,10-19,33H,1-2,5-9,20-29H2. The van der Waals surface area contributed by atoms with Gasteiger partial charge in [0.1, 0.15) is 5.75 Å². The van der Waals surface area contributed by atoms with Gasteiger partial charge in [-0.3, -0.25) is 4.79 Å². The van der Waals surface area contributed by atoms with Crippen LogP contribution in [0.15, 0.2) is 77.6 Å². The summed E-state index contributed by atoms with van der Waals surface area (Å²) in [5, 5.41) is 7.42. The summed E-state index contributed by atoms with van der Waals surface area (Å²) in [4.78, 5) is 18.8. The van der Waals surface area contributed by atoms with Crippen LogP contribution in [-0.2, 0) is 12.8 Å². The smallest absolute Gasteiger partial charge is 0.274 e. The SMILES string of the molecule is O=c1c2ccccc2c(Cc2ccc(Cl)cc2)nn1C1CCCN(CCc2ccc(OCCCN3CCCCCC3)cc2)CC1. The molecule has 2 saturated heterocycles. The maximum atomic E-state index is 13.6. The van der Waals surface area contributed by atoms with Gasteiger partial charge in [-0.2, -0.15) is 5.10 Å². The molecule has 238 valence electrons. The van der Waals surface area contributed by atoms with E-state index in [1.54, 1.807) is 4.68 Å². The molecule has 2 aliphatic rings. The number of fused-ring (bicyclic) bond motifs is 1. The van der Waals surface area contributed by atoms with Crippen molar-refractivity contribution in [3.63, 3.8) is 0 Å².